The largest absolute Gasteiger partial charge is 0.382 e. The maximum atomic E-state index is 14.3. The minimum atomic E-state index is -3.21. The van der Waals surface area contributed by atoms with Gasteiger partial charge in [-0.1, -0.05) is 12.8 Å². The number of alkyl halides is 2. The molecular formula is C24H33F2N5O4. The smallest absolute Gasteiger partial charge is 0.289 e. The van der Waals surface area contributed by atoms with Crippen molar-refractivity contribution in [1.82, 2.24) is 14.8 Å². The maximum Gasteiger partial charge on any atom is 0.289 e. The molecule has 9 nitrogen and oxygen atoms in total. The van der Waals surface area contributed by atoms with E-state index in [2.05, 4.69) is 15.4 Å². The van der Waals surface area contributed by atoms with Gasteiger partial charge in [0.2, 0.25) is 0 Å². The van der Waals surface area contributed by atoms with Gasteiger partial charge < -0.3 is 20.5 Å². The molecule has 0 spiro atoms. The predicted molar refractivity (Wildman–Crippen MR) is 125 cm³/mol. The monoisotopic (exact) mass is 493 g/mol. The van der Waals surface area contributed by atoms with E-state index in [0.717, 1.165) is 32.6 Å². The van der Waals surface area contributed by atoms with Crippen molar-refractivity contribution < 1.29 is 27.8 Å². The summed E-state index contributed by atoms with van der Waals surface area (Å²) in [6, 6.07) is 2.82. The van der Waals surface area contributed by atoms with Gasteiger partial charge in [-0.05, 0) is 43.7 Å². The predicted octanol–water partition coefficient (Wildman–Crippen LogP) is 3.52. The first kappa shape index (κ1) is 26.7. The van der Waals surface area contributed by atoms with Crippen LogP contribution in [0.15, 0.2) is 18.3 Å². The summed E-state index contributed by atoms with van der Waals surface area (Å²) in [5.41, 5.74) is 5.26. The number of methoxy groups -OCH3 is 1. The Morgan fingerprint density at radius 1 is 1.26 bits per heavy atom. The van der Waals surface area contributed by atoms with Crippen LogP contribution in [0.5, 0.6) is 0 Å². The zero-order valence-corrected chi connectivity index (χ0v) is 20.4. The van der Waals surface area contributed by atoms with E-state index < -0.39 is 23.4 Å². The molecule has 3 N–H and O–H groups in total. The average molecular weight is 494 g/mol. The number of pyridine rings is 1. The summed E-state index contributed by atoms with van der Waals surface area (Å²) in [4.78, 5) is 28.5. The Morgan fingerprint density at radius 2 is 1.97 bits per heavy atom. The Morgan fingerprint density at radius 3 is 2.63 bits per heavy atom. The van der Waals surface area contributed by atoms with Crippen LogP contribution in [0.2, 0.25) is 0 Å². The number of anilines is 1. The first-order valence-corrected chi connectivity index (χ1v) is 11.7. The molecule has 2 aromatic rings. The van der Waals surface area contributed by atoms with Gasteiger partial charge >= 0.3 is 0 Å². The normalized spacial score (nSPS) is 18.4. The van der Waals surface area contributed by atoms with Crippen molar-refractivity contribution in [3.05, 3.63) is 41.0 Å². The third kappa shape index (κ3) is 6.82. The summed E-state index contributed by atoms with van der Waals surface area (Å²) < 4.78 is 40.8. The van der Waals surface area contributed by atoms with E-state index in [1.165, 1.54) is 29.9 Å². The fourth-order valence-electron chi connectivity index (χ4n) is 4.56. The molecular weight excluding hydrogens is 460 g/mol. The zero-order valence-electron chi connectivity index (χ0n) is 20.4. The number of primary amides is 1. The van der Waals surface area contributed by atoms with E-state index >= 15 is 0 Å². The Hall–Kier alpha value is -2.92. The second kappa shape index (κ2) is 11.7. The van der Waals surface area contributed by atoms with Crippen LogP contribution in [0, 0.1) is 18.8 Å². The van der Waals surface area contributed by atoms with Crippen molar-refractivity contribution in [2.75, 3.05) is 32.2 Å². The highest BCUT2D eigenvalue weighted by Crippen LogP contribution is 2.34. The fraction of sp³-hybridized carbons (Fsp3) is 0.583. The number of rotatable bonds is 11. The zero-order chi connectivity index (χ0) is 25.6. The van der Waals surface area contributed by atoms with E-state index in [-0.39, 0.29) is 34.5 Å². The molecule has 0 saturated heterocycles. The van der Waals surface area contributed by atoms with Crippen LogP contribution < -0.4 is 11.1 Å². The molecule has 0 bridgehead atoms. The molecule has 1 fully saturated rings. The van der Waals surface area contributed by atoms with Gasteiger partial charge in [0.25, 0.3) is 17.7 Å². The van der Waals surface area contributed by atoms with E-state index in [4.69, 9.17) is 15.2 Å². The Balaban J connectivity index is 1.87. The maximum absolute atomic E-state index is 14.3. The van der Waals surface area contributed by atoms with E-state index in [0.29, 0.717) is 26.4 Å². The summed E-state index contributed by atoms with van der Waals surface area (Å²) in [5, 5.41) is 6.85. The molecule has 2 heterocycles. The first-order chi connectivity index (χ1) is 16.6. The van der Waals surface area contributed by atoms with E-state index in [1.807, 2.05) is 0 Å². The highest BCUT2D eigenvalue weighted by Gasteiger charge is 2.36. The van der Waals surface area contributed by atoms with Crippen molar-refractivity contribution in [3.63, 3.8) is 0 Å². The summed E-state index contributed by atoms with van der Waals surface area (Å²) >= 11 is 0. The second-order valence-corrected chi connectivity index (χ2v) is 9.01. The molecule has 192 valence electrons. The van der Waals surface area contributed by atoms with Gasteiger partial charge in [-0.25, -0.2) is 0 Å². The van der Waals surface area contributed by atoms with E-state index in [1.54, 1.807) is 7.11 Å². The molecule has 35 heavy (non-hydrogen) atoms. The van der Waals surface area contributed by atoms with Gasteiger partial charge in [0.1, 0.15) is 17.1 Å². The molecule has 1 aliphatic rings. The van der Waals surface area contributed by atoms with Gasteiger partial charge in [0.05, 0.1) is 13.2 Å². The van der Waals surface area contributed by atoms with Gasteiger partial charge in [-0.2, -0.15) is 13.9 Å². The third-order valence-corrected chi connectivity index (χ3v) is 6.33. The number of hydrogen-bond acceptors (Lipinski definition) is 6. The van der Waals surface area contributed by atoms with Crippen molar-refractivity contribution in [2.24, 2.45) is 17.6 Å². The number of aromatic nitrogens is 3. The number of ether oxygens (including phenoxy) is 2. The van der Waals surface area contributed by atoms with Crippen LogP contribution in [-0.4, -0.2) is 53.5 Å². The summed E-state index contributed by atoms with van der Waals surface area (Å²) in [7, 11) is 1.61. The molecule has 0 radical (unpaired) electrons. The number of halogens is 2. The fourth-order valence-corrected chi connectivity index (χ4v) is 4.56. The van der Waals surface area contributed by atoms with Crippen molar-refractivity contribution in [2.45, 2.75) is 52.0 Å². The number of nitrogens with one attached hydrogen (secondary N) is 1. The van der Waals surface area contributed by atoms with E-state index in [9.17, 15) is 18.4 Å². The lowest BCUT2D eigenvalue weighted by molar-refractivity contribution is 0.0103. The van der Waals surface area contributed by atoms with Gasteiger partial charge in [-0.3, -0.25) is 19.3 Å². The SMILES string of the molecule is COCCOC[C@H]1CCCC[C@H]1Cn1nc(C(C)(F)F)c(C)c1C(=O)Nc1ccnc(C(N)=O)c1. The molecule has 11 heteroatoms. The summed E-state index contributed by atoms with van der Waals surface area (Å²) in [5.74, 6) is -4.21. The summed E-state index contributed by atoms with van der Waals surface area (Å²) in [6.07, 6.45) is 5.28. The minimum absolute atomic E-state index is 0.0210. The average Bonchev–Trinajstić information content (AvgIpc) is 3.14. The number of carbonyl (C=O) groups is 2. The molecule has 0 aliphatic heterocycles. The lowest BCUT2D eigenvalue weighted by atomic mass is 9.79. The molecule has 1 saturated carbocycles. The van der Waals surface area contributed by atoms with Crippen LogP contribution in [0.1, 0.15) is 64.8 Å². The Bertz CT molecular complexity index is 1040. The minimum Gasteiger partial charge on any atom is -0.382 e. The highest BCUT2D eigenvalue weighted by atomic mass is 19.3. The number of hydrogen-bond donors (Lipinski definition) is 2. The van der Waals surface area contributed by atoms with Gasteiger partial charge in [0.15, 0.2) is 0 Å². The Labute approximate surface area is 203 Å². The Kier molecular flexibility index (Phi) is 8.90. The van der Waals surface area contributed by atoms with Crippen LogP contribution >= 0.6 is 0 Å². The summed E-state index contributed by atoms with van der Waals surface area (Å²) in [6.45, 7) is 4.09. The molecule has 0 aromatic carbocycles. The second-order valence-electron chi connectivity index (χ2n) is 9.01. The van der Waals surface area contributed by atoms with Crippen molar-refractivity contribution in [1.29, 1.82) is 0 Å². The van der Waals surface area contributed by atoms with Crippen LogP contribution in [0.4, 0.5) is 14.5 Å². The number of carbonyl (C=O) groups excluding carboxylic acids is 2. The quantitative estimate of drug-likeness (QED) is 0.462. The third-order valence-electron chi connectivity index (χ3n) is 6.33. The number of amides is 2. The van der Waals surface area contributed by atoms with Crippen LogP contribution in [0.3, 0.4) is 0 Å². The van der Waals surface area contributed by atoms with Crippen molar-refractivity contribution in [3.8, 4) is 0 Å². The molecule has 2 amide bonds. The van der Waals surface area contributed by atoms with Gasteiger partial charge in [-0.15, -0.1) is 0 Å². The highest BCUT2D eigenvalue weighted by molar-refractivity contribution is 6.04. The number of nitrogens with zero attached hydrogens (tertiary/aromatic N) is 3. The van der Waals surface area contributed by atoms with Gasteiger partial charge in [0, 0.05) is 44.6 Å². The molecule has 1 aliphatic carbocycles. The first-order valence-electron chi connectivity index (χ1n) is 11.7. The molecule has 2 aromatic heterocycles. The lowest BCUT2D eigenvalue weighted by Gasteiger charge is -2.31. The molecule has 2 atom stereocenters. The lowest BCUT2D eigenvalue weighted by Crippen LogP contribution is -2.30. The molecule has 3 rings (SSSR count). The standard InChI is InChI=1S/C24H33F2N5O4/c1-15-20(23(33)29-18-8-9-28-19(12-18)22(27)32)31(30-21(15)24(2,25)26)13-16-6-4-5-7-17(16)14-35-11-10-34-3/h8-9,12,16-17H,4-7,10-11,13-14H2,1-3H3,(H2,27,32)(H,28,29,33)/t16-,17+/m0/s1. The topological polar surface area (TPSA) is 121 Å². The van der Waals surface area contributed by atoms with Crippen LogP contribution in [-0.2, 0) is 21.9 Å². The van der Waals surface area contributed by atoms with Crippen LogP contribution in [0.25, 0.3) is 0 Å². The van der Waals surface area contributed by atoms with Crippen molar-refractivity contribution >= 4 is 17.5 Å². The molecule has 0 unspecified atom stereocenters. The number of nitrogens with two attached hydrogens (primary N) is 1.